The van der Waals surface area contributed by atoms with Crippen LogP contribution in [-0.2, 0) is 4.79 Å². The van der Waals surface area contributed by atoms with Crippen molar-refractivity contribution in [3.63, 3.8) is 0 Å². The molecule has 2 aromatic rings. The molecule has 8 nitrogen and oxygen atoms in total. The van der Waals surface area contributed by atoms with Gasteiger partial charge >= 0.3 is 11.7 Å². The summed E-state index contributed by atoms with van der Waals surface area (Å²) < 4.78 is 5.00. The molecule has 2 N–H and O–H groups in total. The van der Waals surface area contributed by atoms with Gasteiger partial charge in [-0.25, -0.2) is 9.78 Å². The second kappa shape index (κ2) is 6.53. The second-order valence-electron chi connectivity index (χ2n) is 4.27. The highest BCUT2D eigenvalue weighted by atomic mass is 16.5. The number of nitrogens with zero attached hydrogens (tertiary/aromatic N) is 2. The zero-order chi connectivity index (χ0) is 16.1. The molecule has 1 heterocycles. The Morgan fingerprint density at radius 2 is 1.95 bits per heavy atom. The van der Waals surface area contributed by atoms with Gasteiger partial charge in [0.25, 0.3) is 5.91 Å². The van der Waals surface area contributed by atoms with E-state index in [1.54, 1.807) is 12.1 Å². The third kappa shape index (κ3) is 3.48. The topological polar surface area (TPSA) is 113 Å². The maximum Gasteiger partial charge on any atom is 0.346 e. The highest BCUT2D eigenvalue weighted by molar-refractivity contribution is 6.07. The molecule has 8 heteroatoms. The van der Waals surface area contributed by atoms with E-state index in [4.69, 9.17) is 9.84 Å². The molecule has 1 aromatic heterocycles. The monoisotopic (exact) mass is 303 g/mol. The molecule has 0 aliphatic carbocycles. The number of benzene rings is 1. The third-order valence-electron chi connectivity index (χ3n) is 2.83. The minimum atomic E-state index is -1.21. The van der Waals surface area contributed by atoms with Crippen LogP contribution in [0.5, 0.6) is 5.75 Å². The fraction of sp³-hybridized carbons (Fsp3) is 0.143. The van der Waals surface area contributed by atoms with E-state index >= 15 is 0 Å². The van der Waals surface area contributed by atoms with Crippen molar-refractivity contribution in [1.29, 1.82) is 0 Å². The molecular formula is C14H13N3O5. The number of H-pyrrole nitrogens is 1. The average Bonchev–Trinajstić information content (AvgIpc) is 2.52. The number of amides is 1. The SMILES string of the molecule is COc1ccc(C(=O)N(CC(=O)O)c2ccnc(=O)[nH]2)cc1. The molecule has 114 valence electrons. The van der Waals surface area contributed by atoms with Crippen LogP contribution in [0.1, 0.15) is 10.4 Å². The van der Waals surface area contributed by atoms with Crippen LogP contribution in [0, 0.1) is 0 Å². The fourth-order valence-electron chi connectivity index (χ4n) is 1.81. The van der Waals surface area contributed by atoms with Crippen molar-refractivity contribution in [2.24, 2.45) is 0 Å². The van der Waals surface area contributed by atoms with Crippen LogP contribution < -0.4 is 15.3 Å². The molecule has 0 spiro atoms. The smallest absolute Gasteiger partial charge is 0.346 e. The van der Waals surface area contributed by atoms with Gasteiger partial charge in [-0.15, -0.1) is 0 Å². The van der Waals surface area contributed by atoms with Crippen molar-refractivity contribution < 1.29 is 19.4 Å². The number of aromatic amines is 1. The van der Waals surface area contributed by atoms with Crippen molar-refractivity contribution in [3.05, 3.63) is 52.6 Å². The second-order valence-corrected chi connectivity index (χ2v) is 4.27. The van der Waals surface area contributed by atoms with Gasteiger partial charge in [0.05, 0.1) is 7.11 Å². The van der Waals surface area contributed by atoms with Crippen molar-refractivity contribution in [2.45, 2.75) is 0 Å². The van der Waals surface area contributed by atoms with E-state index in [9.17, 15) is 14.4 Å². The number of hydrogen-bond donors (Lipinski definition) is 2. The van der Waals surface area contributed by atoms with Gasteiger partial charge in [-0.1, -0.05) is 0 Å². The van der Waals surface area contributed by atoms with Crippen LogP contribution in [0.4, 0.5) is 5.82 Å². The molecule has 22 heavy (non-hydrogen) atoms. The fourth-order valence-corrected chi connectivity index (χ4v) is 1.81. The normalized spacial score (nSPS) is 10.0. The summed E-state index contributed by atoms with van der Waals surface area (Å²) in [7, 11) is 1.50. The maximum absolute atomic E-state index is 12.5. The van der Waals surface area contributed by atoms with E-state index in [2.05, 4.69) is 9.97 Å². The third-order valence-corrected chi connectivity index (χ3v) is 2.83. The number of ether oxygens (including phenoxy) is 1. The zero-order valence-electron chi connectivity index (χ0n) is 11.6. The number of carbonyl (C=O) groups excluding carboxylic acids is 1. The van der Waals surface area contributed by atoms with Gasteiger partial charge < -0.3 is 9.84 Å². The van der Waals surface area contributed by atoms with Crippen LogP contribution in [0.3, 0.4) is 0 Å². The Hall–Kier alpha value is -3.16. The van der Waals surface area contributed by atoms with Gasteiger partial charge in [-0.2, -0.15) is 0 Å². The van der Waals surface area contributed by atoms with Gasteiger partial charge in [-0.05, 0) is 30.3 Å². The zero-order valence-corrected chi connectivity index (χ0v) is 11.6. The van der Waals surface area contributed by atoms with Crippen molar-refractivity contribution >= 4 is 17.7 Å². The first-order valence-electron chi connectivity index (χ1n) is 6.24. The van der Waals surface area contributed by atoms with Crippen LogP contribution in [0.2, 0.25) is 0 Å². The first-order chi connectivity index (χ1) is 10.5. The van der Waals surface area contributed by atoms with Crippen molar-refractivity contribution in [3.8, 4) is 5.75 Å². The summed E-state index contributed by atoms with van der Waals surface area (Å²) >= 11 is 0. The van der Waals surface area contributed by atoms with Crippen LogP contribution in [0.15, 0.2) is 41.3 Å². The van der Waals surface area contributed by atoms with Crippen LogP contribution >= 0.6 is 0 Å². The standard InChI is InChI=1S/C14H13N3O5/c1-22-10-4-2-9(3-5-10)13(20)17(8-12(18)19)11-6-7-15-14(21)16-11/h2-7H,8H2,1H3,(H,18,19)(H,15,16,21). The summed E-state index contributed by atoms with van der Waals surface area (Å²) in [5, 5.41) is 8.97. The Bertz CT molecular complexity index is 739. The van der Waals surface area contributed by atoms with Gasteiger partial charge in [0.2, 0.25) is 0 Å². The summed E-state index contributed by atoms with van der Waals surface area (Å²) in [4.78, 5) is 41.4. The number of aliphatic carboxylic acids is 1. The minimum Gasteiger partial charge on any atom is -0.497 e. The average molecular weight is 303 g/mol. The number of methoxy groups -OCH3 is 1. The number of carboxylic acid groups (broad SMARTS) is 1. The predicted octanol–water partition coefficient (Wildman–Crippen LogP) is 0.510. The van der Waals surface area contributed by atoms with E-state index < -0.39 is 24.1 Å². The van der Waals surface area contributed by atoms with Crippen LogP contribution in [0.25, 0.3) is 0 Å². The highest BCUT2D eigenvalue weighted by Crippen LogP contribution is 2.16. The quantitative estimate of drug-likeness (QED) is 0.832. The van der Waals surface area contributed by atoms with E-state index in [-0.39, 0.29) is 11.4 Å². The number of rotatable bonds is 5. The summed E-state index contributed by atoms with van der Waals surface area (Å²) in [6.07, 6.45) is 1.20. The van der Waals surface area contributed by atoms with E-state index in [0.29, 0.717) is 5.75 Å². The lowest BCUT2D eigenvalue weighted by atomic mass is 10.2. The first-order valence-corrected chi connectivity index (χ1v) is 6.24. The first kappa shape index (κ1) is 15.2. The molecule has 1 amide bonds. The molecule has 0 atom stereocenters. The predicted molar refractivity (Wildman–Crippen MR) is 77.2 cm³/mol. The highest BCUT2D eigenvalue weighted by Gasteiger charge is 2.21. The number of nitrogens with one attached hydrogen (secondary N) is 1. The Morgan fingerprint density at radius 1 is 1.27 bits per heavy atom. The van der Waals surface area contributed by atoms with Crippen molar-refractivity contribution in [2.75, 3.05) is 18.6 Å². The van der Waals surface area contributed by atoms with E-state index in [1.807, 2.05) is 0 Å². The minimum absolute atomic E-state index is 0.0585. The summed E-state index contributed by atoms with van der Waals surface area (Å²) in [6, 6.07) is 7.54. The van der Waals surface area contributed by atoms with Gasteiger partial charge in [0.15, 0.2) is 0 Å². The Labute approximate surface area is 125 Å². The lowest BCUT2D eigenvalue weighted by Gasteiger charge is -2.20. The van der Waals surface area contributed by atoms with Crippen LogP contribution in [-0.4, -0.2) is 40.6 Å². The molecule has 0 radical (unpaired) electrons. The number of carboxylic acids is 1. The molecule has 2 rings (SSSR count). The summed E-state index contributed by atoms with van der Waals surface area (Å²) in [5.74, 6) is -1.15. The van der Waals surface area contributed by atoms with E-state index in [1.165, 1.54) is 31.5 Å². The van der Waals surface area contributed by atoms with E-state index in [0.717, 1.165) is 4.90 Å². The molecule has 0 aliphatic heterocycles. The Balaban J connectivity index is 2.37. The number of aromatic nitrogens is 2. The molecule has 0 fully saturated rings. The van der Waals surface area contributed by atoms with Gasteiger partial charge in [-0.3, -0.25) is 19.5 Å². The number of anilines is 1. The summed E-state index contributed by atoms with van der Waals surface area (Å²) in [5.41, 5.74) is -0.407. The number of hydrogen-bond acceptors (Lipinski definition) is 5. The largest absolute Gasteiger partial charge is 0.497 e. The molecule has 0 bridgehead atoms. The molecular weight excluding hydrogens is 290 g/mol. The Morgan fingerprint density at radius 3 is 2.50 bits per heavy atom. The lowest BCUT2D eigenvalue weighted by Crippen LogP contribution is -2.37. The Kier molecular flexibility index (Phi) is 4.52. The van der Waals surface area contributed by atoms with Gasteiger partial charge in [0, 0.05) is 11.8 Å². The van der Waals surface area contributed by atoms with Crippen molar-refractivity contribution in [1.82, 2.24) is 9.97 Å². The molecule has 0 saturated heterocycles. The summed E-state index contributed by atoms with van der Waals surface area (Å²) in [6.45, 7) is -0.592. The lowest BCUT2D eigenvalue weighted by molar-refractivity contribution is -0.135. The number of carbonyl (C=O) groups is 2. The molecule has 1 aromatic carbocycles. The maximum atomic E-state index is 12.5. The molecule has 0 unspecified atom stereocenters. The molecule has 0 saturated carbocycles. The molecule has 0 aliphatic rings. The van der Waals surface area contributed by atoms with Gasteiger partial charge in [0.1, 0.15) is 18.1 Å².